The van der Waals surface area contributed by atoms with Crippen molar-refractivity contribution in [3.63, 3.8) is 0 Å². The number of aliphatic hydroxyl groups is 1. The van der Waals surface area contributed by atoms with Crippen LogP contribution in [0.3, 0.4) is 0 Å². The number of piperidine rings is 3. The molecule has 122 valence electrons. The van der Waals surface area contributed by atoms with Crippen LogP contribution in [0.25, 0.3) is 20.8 Å². The standard InChI is InChI=1S/C20H20N2OS/c23-20(13-22-11-9-16(20)10-12-22)15-7-5-14(6-8-15)19-21-17-3-1-2-4-18(17)24-19/h1-8,16,23H,9-13H2/t20-/m1/s1. The molecule has 0 spiro atoms. The number of thiazole rings is 1. The van der Waals surface area contributed by atoms with E-state index in [2.05, 4.69) is 47.4 Å². The van der Waals surface area contributed by atoms with Crippen LogP contribution in [-0.4, -0.2) is 34.6 Å². The number of rotatable bonds is 2. The number of para-hydroxylation sites is 1. The van der Waals surface area contributed by atoms with Crippen molar-refractivity contribution >= 4 is 21.6 Å². The summed E-state index contributed by atoms with van der Waals surface area (Å²) in [4.78, 5) is 7.12. The zero-order valence-electron chi connectivity index (χ0n) is 13.5. The summed E-state index contributed by atoms with van der Waals surface area (Å²) < 4.78 is 1.22. The minimum atomic E-state index is -0.678. The van der Waals surface area contributed by atoms with Crippen LogP contribution in [0.15, 0.2) is 48.5 Å². The molecule has 1 atom stereocenters. The van der Waals surface area contributed by atoms with E-state index < -0.39 is 5.60 Å². The molecule has 3 nitrogen and oxygen atoms in total. The van der Waals surface area contributed by atoms with Crippen molar-refractivity contribution in [1.82, 2.24) is 9.88 Å². The Morgan fingerprint density at radius 3 is 2.46 bits per heavy atom. The first-order valence-electron chi connectivity index (χ1n) is 8.64. The van der Waals surface area contributed by atoms with Gasteiger partial charge in [0.2, 0.25) is 0 Å². The Bertz CT molecular complexity index is 847. The first-order valence-corrected chi connectivity index (χ1v) is 9.45. The monoisotopic (exact) mass is 336 g/mol. The van der Waals surface area contributed by atoms with Gasteiger partial charge in [-0.05, 0) is 49.5 Å². The average Bonchev–Trinajstić information content (AvgIpc) is 3.07. The Morgan fingerprint density at radius 1 is 1.04 bits per heavy atom. The molecule has 3 aliphatic heterocycles. The maximum atomic E-state index is 11.3. The minimum absolute atomic E-state index is 0.399. The molecule has 0 saturated carbocycles. The van der Waals surface area contributed by atoms with E-state index in [1.54, 1.807) is 11.3 Å². The van der Waals surface area contributed by atoms with Crippen molar-refractivity contribution in [3.8, 4) is 10.6 Å². The third-order valence-corrected chi connectivity index (χ3v) is 6.74. The maximum Gasteiger partial charge on any atom is 0.124 e. The van der Waals surface area contributed by atoms with Gasteiger partial charge in [0.1, 0.15) is 10.6 Å². The molecular formula is C20H20N2OS. The van der Waals surface area contributed by atoms with E-state index in [4.69, 9.17) is 4.98 Å². The predicted molar refractivity (Wildman–Crippen MR) is 98.1 cm³/mol. The molecule has 4 heterocycles. The number of fused-ring (bicyclic) bond motifs is 4. The molecule has 3 saturated heterocycles. The zero-order valence-corrected chi connectivity index (χ0v) is 14.3. The largest absolute Gasteiger partial charge is 0.384 e. The van der Waals surface area contributed by atoms with Gasteiger partial charge in [0, 0.05) is 12.1 Å². The second-order valence-corrected chi connectivity index (χ2v) is 8.07. The Balaban J connectivity index is 1.49. The second-order valence-electron chi connectivity index (χ2n) is 7.04. The van der Waals surface area contributed by atoms with Gasteiger partial charge in [-0.15, -0.1) is 11.3 Å². The van der Waals surface area contributed by atoms with Gasteiger partial charge in [0.15, 0.2) is 0 Å². The fourth-order valence-electron chi connectivity index (χ4n) is 4.26. The molecule has 1 N–H and O–H groups in total. The van der Waals surface area contributed by atoms with Crippen LogP contribution in [0.1, 0.15) is 18.4 Å². The highest BCUT2D eigenvalue weighted by molar-refractivity contribution is 7.21. The Labute approximate surface area is 145 Å². The van der Waals surface area contributed by atoms with Gasteiger partial charge >= 0.3 is 0 Å². The highest BCUT2D eigenvalue weighted by atomic mass is 32.1. The van der Waals surface area contributed by atoms with Crippen LogP contribution < -0.4 is 0 Å². The van der Waals surface area contributed by atoms with Crippen LogP contribution in [0.4, 0.5) is 0 Å². The van der Waals surface area contributed by atoms with Crippen LogP contribution >= 0.6 is 11.3 Å². The van der Waals surface area contributed by atoms with E-state index in [1.165, 1.54) is 4.70 Å². The highest BCUT2D eigenvalue weighted by Gasteiger charge is 2.46. The lowest BCUT2D eigenvalue weighted by atomic mass is 9.71. The van der Waals surface area contributed by atoms with E-state index in [1.807, 2.05) is 6.07 Å². The fourth-order valence-corrected chi connectivity index (χ4v) is 5.23. The van der Waals surface area contributed by atoms with Gasteiger partial charge in [0.05, 0.1) is 10.2 Å². The molecule has 2 aromatic carbocycles. The molecule has 0 amide bonds. The van der Waals surface area contributed by atoms with E-state index in [0.29, 0.717) is 5.92 Å². The van der Waals surface area contributed by atoms with Gasteiger partial charge in [0.25, 0.3) is 0 Å². The molecular weight excluding hydrogens is 316 g/mol. The SMILES string of the molecule is O[C@@]1(c2ccc(-c3nc4ccccc4s3)cc2)CN2CCC1CC2. The highest BCUT2D eigenvalue weighted by Crippen LogP contribution is 2.43. The number of hydrogen-bond donors (Lipinski definition) is 1. The summed E-state index contributed by atoms with van der Waals surface area (Å²) in [6, 6.07) is 16.7. The number of nitrogens with zero attached hydrogens (tertiary/aromatic N) is 2. The van der Waals surface area contributed by atoms with Gasteiger partial charge in [-0.2, -0.15) is 0 Å². The summed E-state index contributed by atoms with van der Waals surface area (Å²) in [6.07, 6.45) is 2.21. The topological polar surface area (TPSA) is 36.4 Å². The smallest absolute Gasteiger partial charge is 0.124 e. The zero-order chi connectivity index (χ0) is 16.1. The Morgan fingerprint density at radius 2 is 1.79 bits per heavy atom. The third-order valence-electron chi connectivity index (χ3n) is 5.65. The first-order chi connectivity index (χ1) is 11.7. The lowest BCUT2D eigenvalue weighted by molar-refractivity contribution is -0.117. The van der Waals surface area contributed by atoms with Crippen molar-refractivity contribution in [3.05, 3.63) is 54.1 Å². The van der Waals surface area contributed by atoms with E-state index in [0.717, 1.165) is 54.1 Å². The molecule has 0 radical (unpaired) electrons. The number of aromatic nitrogens is 1. The minimum Gasteiger partial charge on any atom is -0.384 e. The molecule has 0 aliphatic carbocycles. The summed E-state index contributed by atoms with van der Waals surface area (Å²) in [5, 5.41) is 12.3. The Hall–Kier alpha value is -1.75. The molecule has 6 rings (SSSR count). The average molecular weight is 336 g/mol. The van der Waals surface area contributed by atoms with Gasteiger partial charge in [-0.3, -0.25) is 0 Å². The van der Waals surface area contributed by atoms with Crippen LogP contribution in [-0.2, 0) is 5.60 Å². The summed E-state index contributed by atoms with van der Waals surface area (Å²) in [7, 11) is 0. The molecule has 3 aromatic rings. The molecule has 0 unspecified atom stereocenters. The van der Waals surface area contributed by atoms with Crippen LogP contribution in [0.5, 0.6) is 0 Å². The quantitative estimate of drug-likeness (QED) is 0.771. The van der Waals surface area contributed by atoms with Crippen molar-refractivity contribution in [2.75, 3.05) is 19.6 Å². The van der Waals surface area contributed by atoms with Gasteiger partial charge < -0.3 is 10.0 Å². The third kappa shape index (κ3) is 2.21. The fraction of sp³-hybridized carbons (Fsp3) is 0.350. The van der Waals surface area contributed by atoms with Crippen molar-refractivity contribution < 1.29 is 5.11 Å². The predicted octanol–water partition coefficient (Wildman–Crippen LogP) is 3.88. The van der Waals surface area contributed by atoms with Crippen LogP contribution in [0, 0.1) is 5.92 Å². The number of hydrogen-bond acceptors (Lipinski definition) is 4. The molecule has 3 aliphatic rings. The Kier molecular flexibility index (Phi) is 3.27. The van der Waals surface area contributed by atoms with Gasteiger partial charge in [-0.1, -0.05) is 36.4 Å². The molecule has 2 bridgehead atoms. The van der Waals surface area contributed by atoms with E-state index >= 15 is 0 Å². The van der Waals surface area contributed by atoms with E-state index in [-0.39, 0.29) is 0 Å². The molecule has 3 fully saturated rings. The summed E-state index contributed by atoms with van der Waals surface area (Å²) in [5.41, 5.74) is 2.56. The normalized spacial score (nSPS) is 29.2. The van der Waals surface area contributed by atoms with Crippen LogP contribution in [0.2, 0.25) is 0 Å². The summed E-state index contributed by atoms with van der Waals surface area (Å²) in [5.74, 6) is 0.399. The second kappa shape index (κ2) is 5.38. The maximum absolute atomic E-state index is 11.3. The molecule has 24 heavy (non-hydrogen) atoms. The molecule has 1 aromatic heterocycles. The lowest BCUT2D eigenvalue weighted by Gasteiger charge is -2.50. The summed E-state index contributed by atoms with van der Waals surface area (Å²) in [6.45, 7) is 3.05. The van der Waals surface area contributed by atoms with Gasteiger partial charge in [-0.25, -0.2) is 4.98 Å². The van der Waals surface area contributed by atoms with Crippen molar-refractivity contribution in [1.29, 1.82) is 0 Å². The lowest BCUT2D eigenvalue weighted by Crippen LogP contribution is -2.57. The van der Waals surface area contributed by atoms with Crippen molar-refractivity contribution in [2.45, 2.75) is 18.4 Å². The van der Waals surface area contributed by atoms with E-state index in [9.17, 15) is 5.11 Å². The number of benzene rings is 2. The summed E-state index contributed by atoms with van der Waals surface area (Å²) >= 11 is 1.72. The first kappa shape index (κ1) is 14.6. The molecule has 4 heteroatoms. The van der Waals surface area contributed by atoms with Crippen molar-refractivity contribution in [2.24, 2.45) is 5.92 Å².